The molecule has 1 saturated heterocycles. The molecule has 1 heterocycles. The molecule has 1 N–H and O–H groups in total. The molecule has 0 aliphatic carbocycles. The van der Waals surface area contributed by atoms with Crippen LogP contribution in [0, 0.1) is 12.8 Å². The number of rotatable bonds is 3. The maximum absolute atomic E-state index is 5.70. The molecule has 2 heteroatoms. The van der Waals surface area contributed by atoms with Gasteiger partial charge in [-0.3, -0.25) is 0 Å². The Balaban J connectivity index is 0.000000531. The molecule has 2 rings (SSSR count). The molecule has 0 unspecified atom stereocenters. The first-order valence-corrected chi connectivity index (χ1v) is 5.75. The van der Waals surface area contributed by atoms with E-state index in [1.54, 1.807) is 0 Å². The lowest BCUT2D eigenvalue weighted by Gasteiger charge is -2.27. The van der Waals surface area contributed by atoms with Gasteiger partial charge in [0, 0.05) is 19.0 Å². The first-order chi connectivity index (χ1) is 7.36. The highest BCUT2D eigenvalue weighted by molar-refractivity contribution is 5.31. The smallest absolute Gasteiger partial charge is 0.122 e. The van der Waals surface area contributed by atoms with Gasteiger partial charge in [-0.25, -0.2) is 0 Å². The van der Waals surface area contributed by atoms with Gasteiger partial charge in [0.1, 0.15) is 5.75 Å². The van der Waals surface area contributed by atoms with Crippen LogP contribution in [0.15, 0.2) is 24.3 Å². The lowest BCUT2D eigenvalue weighted by atomic mass is 10.1. The Morgan fingerprint density at radius 2 is 1.93 bits per heavy atom. The number of ether oxygens (including phenoxy) is 1. The average Bonchev–Trinajstić information content (AvgIpc) is 2.21. The number of hydrogen-bond donors (Lipinski definition) is 1. The van der Waals surface area contributed by atoms with E-state index in [0.717, 1.165) is 25.4 Å². The van der Waals surface area contributed by atoms with E-state index in [9.17, 15) is 0 Å². The van der Waals surface area contributed by atoms with Gasteiger partial charge in [-0.05, 0) is 18.6 Å². The van der Waals surface area contributed by atoms with Crippen LogP contribution in [0.1, 0.15) is 19.4 Å². The average molecular weight is 207 g/mol. The third-order valence-corrected chi connectivity index (χ3v) is 2.43. The normalized spacial score (nSPS) is 14.9. The Hall–Kier alpha value is -1.02. The predicted molar refractivity (Wildman–Crippen MR) is 64.4 cm³/mol. The second kappa shape index (κ2) is 6.46. The van der Waals surface area contributed by atoms with Gasteiger partial charge in [0.05, 0.1) is 6.61 Å². The van der Waals surface area contributed by atoms with Crippen molar-refractivity contribution in [1.29, 1.82) is 0 Å². The zero-order chi connectivity index (χ0) is 11.1. The van der Waals surface area contributed by atoms with Crippen molar-refractivity contribution in [1.82, 2.24) is 5.32 Å². The summed E-state index contributed by atoms with van der Waals surface area (Å²) in [5.41, 5.74) is 1.22. The Labute approximate surface area is 92.6 Å². The molecule has 1 aromatic carbocycles. The van der Waals surface area contributed by atoms with E-state index in [0.29, 0.717) is 5.92 Å². The first kappa shape index (κ1) is 12.1. The molecule has 1 fully saturated rings. The molecule has 2 nitrogen and oxygen atoms in total. The van der Waals surface area contributed by atoms with Crippen molar-refractivity contribution in [3.8, 4) is 5.75 Å². The fourth-order valence-electron chi connectivity index (χ4n) is 1.39. The van der Waals surface area contributed by atoms with Crippen molar-refractivity contribution in [2.24, 2.45) is 5.92 Å². The zero-order valence-corrected chi connectivity index (χ0v) is 9.92. The molecule has 0 saturated carbocycles. The van der Waals surface area contributed by atoms with Crippen LogP contribution < -0.4 is 10.1 Å². The van der Waals surface area contributed by atoms with E-state index in [-0.39, 0.29) is 0 Å². The molecule has 15 heavy (non-hydrogen) atoms. The van der Waals surface area contributed by atoms with E-state index in [4.69, 9.17) is 4.74 Å². The second-order valence-corrected chi connectivity index (χ2v) is 3.60. The van der Waals surface area contributed by atoms with Crippen LogP contribution >= 0.6 is 0 Å². The summed E-state index contributed by atoms with van der Waals surface area (Å²) in [4.78, 5) is 0. The molecule has 0 atom stereocenters. The van der Waals surface area contributed by atoms with E-state index in [2.05, 4.69) is 18.3 Å². The molecule has 84 valence electrons. The van der Waals surface area contributed by atoms with Gasteiger partial charge in [0.2, 0.25) is 0 Å². The summed E-state index contributed by atoms with van der Waals surface area (Å²) in [5, 5.41) is 3.23. The number of aryl methyl sites for hydroxylation is 1. The number of hydrogen-bond acceptors (Lipinski definition) is 2. The van der Waals surface area contributed by atoms with Crippen molar-refractivity contribution in [2.45, 2.75) is 20.8 Å². The highest BCUT2D eigenvalue weighted by Gasteiger charge is 2.17. The Kier molecular flexibility index (Phi) is 5.19. The molecule has 1 aliphatic rings. The van der Waals surface area contributed by atoms with Gasteiger partial charge in [0.25, 0.3) is 0 Å². The van der Waals surface area contributed by atoms with Gasteiger partial charge in [-0.2, -0.15) is 0 Å². The third-order valence-electron chi connectivity index (χ3n) is 2.43. The highest BCUT2D eigenvalue weighted by atomic mass is 16.5. The van der Waals surface area contributed by atoms with Crippen LogP contribution in [0.2, 0.25) is 0 Å². The van der Waals surface area contributed by atoms with Gasteiger partial charge >= 0.3 is 0 Å². The molecule has 0 spiro atoms. The van der Waals surface area contributed by atoms with Crippen LogP contribution in [0.3, 0.4) is 0 Å². The SMILES string of the molecule is CC.Cc1ccccc1OCC1CNC1. The number of benzene rings is 1. The molecular formula is C13H21NO. The van der Waals surface area contributed by atoms with E-state index >= 15 is 0 Å². The summed E-state index contributed by atoms with van der Waals surface area (Å²) in [5.74, 6) is 1.73. The highest BCUT2D eigenvalue weighted by Crippen LogP contribution is 2.17. The fraction of sp³-hybridized carbons (Fsp3) is 0.538. The Bertz CT molecular complexity index is 282. The van der Waals surface area contributed by atoms with Crippen molar-refractivity contribution < 1.29 is 4.74 Å². The van der Waals surface area contributed by atoms with Crippen LogP contribution in [0.4, 0.5) is 0 Å². The van der Waals surface area contributed by atoms with Crippen molar-refractivity contribution in [3.63, 3.8) is 0 Å². The van der Waals surface area contributed by atoms with Gasteiger partial charge in [-0.1, -0.05) is 32.0 Å². The lowest BCUT2D eigenvalue weighted by molar-refractivity contribution is 0.198. The quantitative estimate of drug-likeness (QED) is 0.822. The number of nitrogens with one attached hydrogen (secondary N) is 1. The fourth-order valence-corrected chi connectivity index (χ4v) is 1.39. The molecule has 1 aromatic rings. The van der Waals surface area contributed by atoms with E-state index in [1.165, 1.54) is 5.56 Å². The third kappa shape index (κ3) is 3.56. The monoisotopic (exact) mass is 207 g/mol. The minimum atomic E-state index is 0.708. The minimum Gasteiger partial charge on any atom is -0.493 e. The Morgan fingerprint density at radius 1 is 1.27 bits per heavy atom. The largest absolute Gasteiger partial charge is 0.493 e. The van der Waals surface area contributed by atoms with E-state index in [1.807, 2.05) is 32.0 Å². The van der Waals surface area contributed by atoms with Gasteiger partial charge in [-0.15, -0.1) is 0 Å². The topological polar surface area (TPSA) is 21.3 Å². The van der Waals surface area contributed by atoms with Crippen LogP contribution in [-0.2, 0) is 0 Å². The molecule has 0 amide bonds. The van der Waals surface area contributed by atoms with Gasteiger partial charge in [0.15, 0.2) is 0 Å². The van der Waals surface area contributed by atoms with Crippen LogP contribution in [0.5, 0.6) is 5.75 Å². The molecule has 1 aliphatic heterocycles. The summed E-state index contributed by atoms with van der Waals surface area (Å²) in [6.45, 7) is 9.13. The first-order valence-electron chi connectivity index (χ1n) is 5.75. The summed E-state index contributed by atoms with van der Waals surface area (Å²) < 4.78 is 5.70. The van der Waals surface area contributed by atoms with Crippen LogP contribution in [0.25, 0.3) is 0 Å². The zero-order valence-electron chi connectivity index (χ0n) is 9.92. The molecule has 0 aromatic heterocycles. The second-order valence-electron chi connectivity index (χ2n) is 3.60. The molecular weight excluding hydrogens is 186 g/mol. The maximum Gasteiger partial charge on any atom is 0.122 e. The summed E-state index contributed by atoms with van der Waals surface area (Å²) in [7, 11) is 0. The minimum absolute atomic E-state index is 0.708. The maximum atomic E-state index is 5.70. The standard InChI is InChI=1S/C11H15NO.C2H6/c1-9-4-2-3-5-11(9)13-8-10-6-12-7-10;1-2/h2-5,10,12H,6-8H2,1H3;1-2H3. The van der Waals surface area contributed by atoms with Crippen molar-refractivity contribution >= 4 is 0 Å². The van der Waals surface area contributed by atoms with Crippen LogP contribution in [-0.4, -0.2) is 19.7 Å². The molecule has 0 bridgehead atoms. The lowest BCUT2D eigenvalue weighted by Crippen LogP contribution is -2.45. The predicted octanol–water partition coefficient (Wildman–Crippen LogP) is 2.62. The Morgan fingerprint density at radius 3 is 2.47 bits per heavy atom. The summed E-state index contributed by atoms with van der Waals surface area (Å²) in [6, 6.07) is 8.16. The van der Waals surface area contributed by atoms with Crippen molar-refractivity contribution in [3.05, 3.63) is 29.8 Å². The van der Waals surface area contributed by atoms with Crippen molar-refractivity contribution in [2.75, 3.05) is 19.7 Å². The number of para-hydroxylation sites is 1. The summed E-state index contributed by atoms with van der Waals surface area (Å²) >= 11 is 0. The summed E-state index contributed by atoms with van der Waals surface area (Å²) in [6.07, 6.45) is 0. The van der Waals surface area contributed by atoms with E-state index < -0.39 is 0 Å². The molecule has 0 radical (unpaired) electrons. The van der Waals surface area contributed by atoms with Gasteiger partial charge < -0.3 is 10.1 Å².